The number of piperidine rings is 1. The Morgan fingerprint density at radius 1 is 1.50 bits per heavy atom. The van der Waals surface area contributed by atoms with Gasteiger partial charge in [-0.15, -0.1) is 0 Å². The molecule has 14 heavy (non-hydrogen) atoms. The average Bonchev–Trinajstić information content (AvgIpc) is 2.08. The molecule has 2 atom stereocenters. The number of carbonyl (C=O) groups excluding carboxylic acids is 2. The number of aliphatic hydroxyl groups is 1. The second-order valence-electron chi connectivity index (χ2n) is 3.92. The lowest BCUT2D eigenvalue weighted by Gasteiger charge is -2.36. The Bertz CT molecular complexity index is 240. The van der Waals surface area contributed by atoms with E-state index < -0.39 is 6.10 Å². The fourth-order valence-corrected chi connectivity index (χ4v) is 1.79. The Kier molecular flexibility index (Phi) is 3.63. The van der Waals surface area contributed by atoms with Crippen LogP contribution in [0.4, 0.5) is 0 Å². The summed E-state index contributed by atoms with van der Waals surface area (Å²) in [6, 6.07) is -0.157. The van der Waals surface area contributed by atoms with Gasteiger partial charge in [0.2, 0.25) is 5.91 Å². The first-order valence-corrected chi connectivity index (χ1v) is 4.99. The highest BCUT2D eigenvalue weighted by molar-refractivity contribution is 5.96. The lowest BCUT2D eigenvalue weighted by Crippen LogP contribution is -2.49. The molecule has 4 heteroatoms. The highest BCUT2D eigenvalue weighted by Gasteiger charge is 2.29. The molecule has 1 heterocycles. The van der Waals surface area contributed by atoms with Crippen molar-refractivity contribution in [1.82, 2.24) is 4.90 Å². The average molecular weight is 199 g/mol. The number of carbonyl (C=O) groups is 2. The molecule has 0 aromatic carbocycles. The number of likely N-dealkylation sites (tertiary alicyclic amines) is 1. The van der Waals surface area contributed by atoms with Gasteiger partial charge in [0.1, 0.15) is 5.78 Å². The van der Waals surface area contributed by atoms with Crippen LogP contribution in [0.2, 0.25) is 0 Å². The van der Waals surface area contributed by atoms with Gasteiger partial charge >= 0.3 is 0 Å². The summed E-state index contributed by atoms with van der Waals surface area (Å²) in [5.41, 5.74) is 0. The van der Waals surface area contributed by atoms with Crippen LogP contribution in [0.5, 0.6) is 0 Å². The number of hydrogen-bond acceptors (Lipinski definition) is 3. The Hall–Kier alpha value is -0.900. The topological polar surface area (TPSA) is 57.6 Å². The third-order valence-corrected chi connectivity index (χ3v) is 2.67. The first-order valence-electron chi connectivity index (χ1n) is 4.99. The number of aliphatic hydroxyl groups excluding tert-OH is 1. The van der Waals surface area contributed by atoms with Crippen molar-refractivity contribution in [3.8, 4) is 0 Å². The van der Waals surface area contributed by atoms with Gasteiger partial charge in [0.15, 0.2) is 0 Å². The Balaban J connectivity index is 2.57. The van der Waals surface area contributed by atoms with E-state index in [1.165, 1.54) is 6.92 Å². The molecule has 2 unspecified atom stereocenters. The second-order valence-corrected chi connectivity index (χ2v) is 3.92. The van der Waals surface area contributed by atoms with Crippen LogP contribution in [0, 0.1) is 0 Å². The number of amides is 1. The summed E-state index contributed by atoms with van der Waals surface area (Å²) < 4.78 is 0. The van der Waals surface area contributed by atoms with Gasteiger partial charge in [-0.25, -0.2) is 0 Å². The molecule has 0 aromatic heterocycles. The standard InChI is InChI=1S/C10H17NO3/c1-7(12)6-10(14)11-5-3-4-9(13)8(11)2/h8-9,13H,3-6H2,1-2H3. The van der Waals surface area contributed by atoms with E-state index >= 15 is 0 Å². The molecule has 1 rings (SSSR count). The number of hydrogen-bond donors (Lipinski definition) is 1. The normalized spacial score (nSPS) is 27.5. The van der Waals surface area contributed by atoms with Crippen molar-refractivity contribution in [2.45, 2.75) is 45.3 Å². The first kappa shape index (κ1) is 11.2. The van der Waals surface area contributed by atoms with E-state index in [1.54, 1.807) is 4.90 Å². The number of Topliss-reactive ketones (excluding diaryl/α,β-unsaturated/α-hetero) is 1. The molecule has 1 saturated heterocycles. The summed E-state index contributed by atoms with van der Waals surface area (Å²) >= 11 is 0. The predicted molar refractivity (Wildman–Crippen MR) is 51.7 cm³/mol. The fraction of sp³-hybridized carbons (Fsp3) is 0.800. The Labute approximate surface area is 83.9 Å². The Morgan fingerprint density at radius 3 is 2.71 bits per heavy atom. The first-order chi connectivity index (χ1) is 6.52. The van der Waals surface area contributed by atoms with Crippen LogP contribution in [0.1, 0.15) is 33.1 Å². The lowest BCUT2D eigenvalue weighted by atomic mass is 10.00. The van der Waals surface area contributed by atoms with Crippen molar-refractivity contribution in [2.75, 3.05) is 6.54 Å². The molecule has 1 N–H and O–H groups in total. The van der Waals surface area contributed by atoms with Crippen LogP contribution in [0.25, 0.3) is 0 Å². The zero-order valence-electron chi connectivity index (χ0n) is 8.69. The van der Waals surface area contributed by atoms with E-state index in [1.807, 2.05) is 6.92 Å². The molecule has 1 amide bonds. The molecule has 80 valence electrons. The van der Waals surface area contributed by atoms with Crippen molar-refractivity contribution in [3.05, 3.63) is 0 Å². The van der Waals surface area contributed by atoms with E-state index in [9.17, 15) is 14.7 Å². The van der Waals surface area contributed by atoms with E-state index in [0.29, 0.717) is 6.54 Å². The van der Waals surface area contributed by atoms with Crippen LogP contribution in [-0.4, -0.2) is 40.4 Å². The third-order valence-electron chi connectivity index (χ3n) is 2.67. The molecule has 1 aliphatic rings. The summed E-state index contributed by atoms with van der Waals surface area (Å²) in [6.07, 6.45) is 1.07. The van der Waals surface area contributed by atoms with Gasteiger partial charge in [-0.05, 0) is 26.7 Å². The van der Waals surface area contributed by atoms with E-state index in [2.05, 4.69) is 0 Å². The molecule has 0 spiro atoms. The van der Waals surface area contributed by atoms with Gasteiger partial charge in [-0.1, -0.05) is 0 Å². The molecule has 0 saturated carbocycles. The van der Waals surface area contributed by atoms with Gasteiger partial charge in [0.05, 0.1) is 18.6 Å². The maximum absolute atomic E-state index is 11.6. The van der Waals surface area contributed by atoms with Crippen molar-refractivity contribution >= 4 is 11.7 Å². The highest BCUT2D eigenvalue weighted by Crippen LogP contribution is 2.18. The molecule has 1 aliphatic heterocycles. The number of rotatable bonds is 2. The van der Waals surface area contributed by atoms with Crippen LogP contribution in [0.3, 0.4) is 0 Å². The molecule has 0 aliphatic carbocycles. The molecular formula is C10H17NO3. The number of nitrogens with zero attached hydrogens (tertiary/aromatic N) is 1. The summed E-state index contributed by atoms with van der Waals surface area (Å²) in [4.78, 5) is 23.9. The molecule has 0 bridgehead atoms. The van der Waals surface area contributed by atoms with Crippen molar-refractivity contribution in [1.29, 1.82) is 0 Å². The van der Waals surface area contributed by atoms with Gasteiger partial charge < -0.3 is 10.0 Å². The van der Waals surface area contributed by atoms with E-state index in [-0.39, 0.29) is 24.2 Å². The number of ketones is 1. The molecule has 0 radical (unpaired) electrons. The van der Waals surface area contributed by atoms with Gasteiger partial charge in [0.25, 0.3) is 0 Å². The monoisotopic (exact) mass is 199 g/mol. The zero-order valence-corrected chi connectivity index (χ0v) is 8.69. The zero-order chi connectivity index (χ0) is 10.7. The fourth-order valence-electron chi connectivity index (χ4n) is 1.79. The molecule has 4 nitrogen and oxygen atoms in total. The van der Waals surface area contributed by atoms with Crippen molar-refractivity contribution in [2.24, 2.45) is 0 Å². The minimum absolute atomic E-state index is 0.0446. The minimum atomic E-state index is -0.445. The maximum atomic E-state index is 11.6. The van der Waals surface area contributed by atoms with Gasteiger partial charge in [-0.2, -0.15) is 0 Å². The largest absolute Gasteiger partial charge is 0.391 e. The predicted octanol–water partition coefficient (Wildman–Crippen LogP) is 0.337. The van der Waals surface area contributed by atoms with Gasteiger partial charge in [0, 0.05) is 6.54 Å². The lowest BCUT2D eigenvalue weighted by molar-refractivity contribution is -0.140. The summed E-state index contributed by atoms with van der Waals surface area (Å²) in [7, 11) is 0. The minimum Gasteiger partial charge on any atom is -0.391 e. The summed E-state index contributed by atoms with van der Waals surface area (Å²) in [6.45, 7) is 3.88. The highest BCUT2D eigenvalue weighted by atomic mass is 16.3. The Morgan fingerprint density at radius 2 is 2.14 bits per heavy atom. The van der Waals surface area contributed by atoms with Crippen LogP contribution < -0.4 is 0 Å². The summed E-state index contributed by atoms with van der Waals surface area (Å²) in [5.74, 6) is -0.286. The van der Waals surface area contributed by atoms with Crippen molar-refractivity contribution < 1.29 is 14.7 Å². The molecule has 1 fully saturated rings. The van der Waals surface area contributed by atoms with Crippen LogP contribution >= 0.6 is 0 Å². The second kappa shape index (κ2) is 4.55. The SMILES string of the molecule is CC(=O)CC(=O)N1CCCC(O)C1C. The van der Waals surface area contributed by atoms with E-state index in [4.69, 9.17) is 0 Å². The smallest absolute Gasteiger partial charge is 0.230 e. The van der Waals surface area contributed by atoms with Gasteiger partial charge in [-0.3, -0.25) is 9.59 Å². The molecular weight excluding hydrogens is 182 g/mol. The molecule has 0 aromatic rings. The quantitative estimate of drug-likeness (QED) is 0.652. The van der Waals surface area contributed by atoms with Crippen molar-refractivity contribution in [3.63, 3.8) is 0 Å². The maximum Gasteiger partial charge on any atom is 0.230 e. The third kappa shape index (κ3) is 2.54. The van der Waals surface area contributed by atoms with E-state index in [0.717, 1.165) is 12.8 Å². The van der Waals surface area contributed by atoms with Crippen LogP contribution in [0.15, 0.2) is 0 Å². The summed E-state index contributed by atoms with van der Waals surface area (Å²) in [5, 5.41) is 9.55. The van der Waals surface area contributed by atoms with Crippen LogP contribution in [-0.2, 0) is 9.59 Å².